The van der Waals surface area contributed by atoms with Crippen molar-refractivity contribution < 1.29 is 9.53 Å². The Balaban J connectivity index is 1.45. The van der Waals surface area contributed by atoms with Gasteiger partial charge in [0.2, 0.25) is 0 Å². The number of hydrogen-bond donors (Lipinski definition) is 2. The third-order valence-electron chi connectivity index (χ3n) is 6.69. The average molecular weight is 371 g/mol. The first-order valence-electron chi connectivity index (χ1n) is 9.17. The molecule has 3 aliphatic rings. The molecule has 1 saturated heterocycles. The number of nitrogens with zero attached hydrogens (tertiary/aromatic N) is 1. The molecule has 0 unspecified atom stereocenters. The van der Waals surface area contributed by atoms with Gasteiger partial charge in [-0.05, 0) is 49.7 Å². The molecule has 6 nitrogen and oxygen atoms in total. The summed E-state index contributed by atoms with van der Waals surface area (Å²) in [6, 6.07) is 5.33. The van der Waals surface area contributed by atoms with Gasteiger partial charge < -0.3 is 15.0 Å². The van der Waals surface area contributed by atoms with Crippen LogP contribution in [0.25, 0.3) is 10.9 Å². The molecule has 5 rings (SSSR count). The lowest BCUT2D eigenvalue weighted by Crippen LogP contribution is -2.71. The highest BCUT2D eigenvalue weighted by atomic mass is 32.1. The molecule has 2 heterocycles. The van der Waals surface area contributed by atoms with Crippen molar-refractivity contribution in [3.8, 4) is 0 Å². The lowest BCUT2D eigenvalue weighted by atomic mass is 9.46. The molecule has 1 aliphatic heterocycles. The fraction of sp³-hybridized carbons (Fsp3) is 0.526. The van der Waals surface area contributed by atoms with Gasteiger partial charge in [0.1, 0.15) is 0 Å². The molecule has 1 aromatic carbocycles. The molecule has 0 bridgehead atoms. The number of rotatable bonds is 2. The SMILES string of the molecule is Cn1c(=S)[nH]c2cc(C(=O)N[C@@H]3[C@@H]4CCO[C@H]4C34CCC4)ccc2c1=O. The van der Waals surface area contributed by atoms with Crippen molar-refractivity contribution >= 4 is 29.0 Å². The Kier molecular flexibility index (Phi) is 3.43. The van der Waals surface area contributed by atoms with Crippen LogP contribution in [0.5, 0.6) is 0 Å². The van der Waals surface area contributed by atoms with Crippen LogP contribution in [0.2, 0.25) is 0 Å². The van der Waals surface area contributed by atoms with Crippen LogP contribution < -0.4 is 10.9 Å². The van der Waals surface area contributed by atoms with Gasteiger partial charge in [-0.25, -0.2) is 0 Å². The molecule has 1 aromatic heterocycles. The van der Waals surface area contributed by atoms with Crippen molar-refractivity contribution in [2.75, 3.05) is 6.61 Å². The Hall–Kier alpha value is -1.99. The van der Waals surface area contributed by atoms with Gasteiger partial charge in [0.15, 0.2) is 4.77 Å². The fourth-order valence-corrected chi connectivity index (χ4v) is 5.32. The summed E-state index contributed by atoms with van der Waals surface area (Å²) in [5.74, 6) is 0.353. The zero-order valence-electron chi connectivity index (χ0n) is 14.6. The van der Waals surface area contributed by atoms with E-state index in [1.165, 1.54) is 11.0 Å². The van der Waals surface area contributed by atoms with Crippen LogP contribution in [-0.4, -0.2) is 34.2 Å². The fourth-order valence-electron chi connectivity index (χ4n) is 5.13. The van der Waals surface area contributed by atoms with E-state index in [0.717, 1.165) is 25.9 Å². The van der Waals surface area contributed by atoms with Crippen LogP contribution in [0.3, 0.4) is 0 Å². The predicted molar refractivity (Wildman–Crippen MR) is 99.8 cm³/mol. The van der Waals surface area contributed by atoms with Crippen LogP contribution in [0.4, 0.5) is 0 Å². The third kappa shape index (κ3) is 2.04. The second kappa shape index (κ2) is 5.50. The first-order valence-corrected chi connectivity index (χ1v) is 9.58. The summed E-state index contributed by atoms with van der Waals surface area (Å²) in [6.45, 7) is 0.805. The molecule has 0 radical (unpaired) electrons. The number of ether oxygens (including phenoxy) is 1. The van der Waals surface area contributed by atoms with E-state index < -0.39 is 0 Å². The highest BCUT2D eigenvalue weighted by Gasteiger charge is 2.66. The molecule has 2 aromatic rings. The van der Waals surface area contributed by atoms with E-state index in [9.17, 15) is 9.59 Å². The number of amides is 1. The number of H-pyrrole nitrogens is 1. The van der Waals surface area contributed by atoms with Gasteiger partial charge in [-0.2, -0.15) is 0 Å². The lowest BCUT2D eigenvalue weighted by molar-refractivity contribution is -0.172. The normalized spacial score (nSPS) is 28.4. The van der Waals surface area contributed by atoms with E-state index in [4.69, 9.17) is 17.0 Å². The summed E-state index contributed by atoms with van der Waals surface area (Å²) in [4.78, 5) is 28.2. The van der Waals surface area contributed by atoms with Gasteiger partial charge in [-0.3, -0.25) is 14.2 Å². The van der Waals surface area contributed by atoms with E-state index in [2.05, 4.69) is 10.3 Å². The number of benzene rings is 1. The number of carbonyl (C=O) groups excluding carboxylic acids is 1. The zero-order chi connectivity index (χ0) is 18.1. The maximum Gasteiger partial charge on any atom is 0.261 e. The van der Waals surface area contributed by atoms with E-state index in [0.29, 0.717) is 33.3 Å². The second-order valence-electron chi connectivity index (χ2n) is 7.84. The highest BCUT2D eigenvalue weighted by Crippen LogP contribution is 2.62. The molecule has 3 fully saturated rings. The predicted octanol–water partition coefficient (Wildman–Crippen LogP) is 2.28. The first-order chi connectivity index (χ1) is 12.5. The molecule has 7 heteroatoms. The summed E-state index contributed by atoms with van der Waals surface area (Å²) < 4.78 is 7.66. The highest BCUT2D eigenvalue weighted by molar-refractivity contribution is 7.71. The topological polar surface area (TPSA) is 76.1 Å². The van der Waals surface area contributed by atoms with E-state index in [1.807, 2.05) is 0 Å². The third-order valence-corrected chi connectivity index (χ3v) is 7.06. The monoisotopic (exact) mass is 371 g/mol. The number of aromatic nitrogens is 2. The molecular weight excluding hydrogens is 350 g/mol. The lowest BCUT2D eigenvalue weighted by Gasteiger charge is -2.63. The van der Waals surface area contributed by atoms with Gasteiger partial charge in [0.25, 0.3) is 11.5 Å². The van der Waals surface area contributed by atoms with Gasteiger partial charge in [-0.1, -0.05) is 6.42 Å². The van der Waals surface area contributed by atoms with Crippen molar-refractivity contribution in [3.05, 3.63) is 38.9 Å². The van der Waals surface area contributed by atoms with Crippen LogP contribution in [-0.2, 0) is 11.8 Å². The molecular formula is C19H21N3O3S. The summed E-state index contributed by atoms with van der Waals surface area (Å²) in [5, 5.41) is 3.79. The number of aromatic amines is 1. The van der Waals surface area contributed by atoms with Crippen molar-refractivity contribution in [1.29, 1.82) is 0 Å². The maximum absolute atomic E-state index is 12.9. The standard InChI is InChI=1S/C19H21N3O3S/c1-22-17(24)11-4-3-10(9-13(11)20-18(22)26)16(23)21-14-12-5-8-25-15(12)19(14)6-2-7-19/h3-4,9,12,14-15H,2,5-8H2,1H3,(H,20,26)(H,21,23)/t12-,14+,15+/m0/s1. The molecule has 3 atom stereocenters. The second-order valence-corrected chi connectivity index (χ2v) is 8.22. The zero-order valence-corrected chi connectivity index (χ0v) is 15.4. The number of fused-ring (bicyclic) bond motifs is 3. The maximum atomic E-state index is 12.9. The molecule has 26 heavy (non-hydrogen) atoms. The summed E-state index contributed by atoms with van der Waals surface area (Å²) >= 11 is 5.17. The minimum Gasteiger partial charge on any atom is -0.377 e. The van der Waals surface area contributed by atoms with Crippen LogP contribution in [0.1, 0.15) is 36.0 Å². The molecule has 2 aliphatic carbocycles. The van der Waals surface area contributed by atoms with Crippen LogP contribution in [0, 0.1) is 16.1 Å². The molecule has 136 valence electrons. The van der Waals surface area contributed by atoms with Gasteiger partial charge in [0.05, 0.1) is 17.0 Å². The molecule has 1 amide bonds. The van der Waals surface area contributed by atoms with E-state index >= 15 is 0 Å². The summed E-state index contributed by atoms with van der Waals surface area (Å²) in [6.07, 6.45) is 4.85. The minimum atomic E-state index is -0.158. The number of carbonyl (C=O) groups is 1. The van der Waals surface area contributed by atoms with E-state index in [-0.39, 0.29) is 22.9 Å². The van der Waals surface area contributed by atoms with Gasteiger partial charge >= 0.3 is 0 Å². The quantitative estimate of drug-likeness (QED) is 0.794. The average Bonchev–Trinajstić information content (AvgIpc) is 3.00. The Morgan fingerprint density at radius 1 is 1.42 bits per heavy atom. The Labute approximate surface area is 155 Å². The van der Waals surface area contributed by atoms with Crippen molar-refractivity contribution in [1.82, 2.24) is 14.9 Å². The Bertz CT molecular complexity index is 1040. The van der Waals surface area contributed by atoms with E-state index in [1.54, 1.807) is 25.2 Å². The molecule has 1 spiro atoms. The summed E-state index contributed by atoms with van der Waals surface area (Å²) in [7, 11) is 1.63. The smallest absolute Gasteiger partial charge is 0.261 e. The van der Waals surface area contributed by atoms with Crippen molar-refractivity contribution in [2.24, 2.45) is 18.4 Å². The van der Waals surface area contributed by atoms with Crippen LogP contribution in [0.15, 0.2) is 23.0 Å². The van der Waals surface area contributed by atoms with Crippen molar-refractivity contribution in [2.45, 2.75) is 37.8 Å². The van der Waals surface area contributed by atoms with Crippen LogP contribution >= 0.6 is 12.2 Å². The minimum absolute atomic E-state index is 0.0893. The number of nitrogens with one attached hydrogen (secondary N) is 2. The van der Waals surface area contributed by atoms with Gasteiger partial charge in [-0.15, -0.1) is 0 Å². The van der Waals surface area contributed by atoms with Gasteiger partial charge in [0, 0.05) is 36.6 Å². The Morgan fingerprint density at radius 2 is 2.23 bits per heavy atom. The molecule has 2 N–H and O–H groups in total. The largest absolute Gasteiger partial charge is 0.377 e. The van der Waals surface area contributed by atoms with Crippen molar-refractivity contribution in [3.63, 3.8) is 0 Å². The number of hydrogen-bond acceptors (Lipinski definition) is 4. The Morgan fingerprint density at radius 3 is 2.96 bits per heavy atom. The molecule has 2 saturated carbocycles. The first kappa shape index (κ1) is 16.2. The summed E-state index contributed by atoms with van der Waals surface area (Å²) in [5.41, 5.74) is 1.14.